The minimum absolute atomic E-state index is 0.256. The van der Waals surface area contributed by atoms with Gasteiger partial charge in [-0.25, -0.2) is 0 Å². The van der Waals surface area contributed by atoms with Crippen LogP contribution in [0.15, 0.2) is 28.7 Å². The van der Waals surface area contributed by atoms with Crippen molar-refractivity contribution in [1.82, 2.24) is 0 Å². The van der Waals surface area contributed by atoms with Crippen LogP contribution in [-0.2, 0) is 10.3 Å². The quantitative estimate of drug-likeness (QED) is 0.906. The van der Waals surface area contributed by atoms with Crippen molar-refractivity contribution < 1.29 is 4.74 Å². The lowest BCUT2D eigenvalue weighted by molar-refractivity contribution is 0.0411. The SMILES string of the molecule is CC(N)(c1cccc(Br)c1)C1CCOCC1. The molecule has 0 aromatic heterocycles. The van der Waals surface area contributed by atoms with E-state index in [1.54, 1.807) is 0 Å². The van der Waals surface area contributed by atoms with Crippen molar-refractivity contribution in [1.29, 1.82) is 0 Å². The second-order valence-electron chi connectivity index (χ2n) is 4.68. The van der Waals surface area contributed by atoms with Gasteiger partial charge in [0.25, 0.3) is 0 Å². The molecule has 1 aromatic rings. The molecule has 0 amide bonds. The molecule has 1 atom stereocenters. The zero-order chi connectivity index (χ0) is 11.6. The Bertz CT molecular complexity index is 359. The summed E-state index contributed by atoms with van der Waals surface area (Å²) in [6, 6.07) is 8.31. The van der Waals surface area contributed by atoms with E-state index in [2.05, 4.69) is 35.0 Å². The van der Waals surface area contributed by atoms with E-state index in [1.807, 2.05) is 12.1 Å². The van der Waals surface area contributed by atoms with Gasteiger partial charge in [-0.05, 0) is 43.4 Å². The molecule has 0 bridgehead atoms. The minimum atomic E-state index is -0.256. The lowest BCUT2D eigenvalue weighted by Gasteiger charge is -2.37. The first-order valence-corrected chi connectivity index (χ1v) is 6.52. The number of hydrogen-bond acceptors (Lipinski definition) is 2. The van der Waals surface area contributed by atoms with Gasteiger partial charge in [0.1, 0.15) is 0 Å². The highest BCUT2D eigenvalue weighted by molar-refractivity contribution is 9.10. The summed E-state index contributed by atoms with van der Waals surface area (Å²) in [6.07, 6.45) is 2.11. The maximum Gasteiger partial charge on any atom is 0.0469 e. The van der Waals surface area contributed by atoms with Crippen LogP contribution in [0.4, 0.5) is 0 Å². The van der Waals surface area contributed by atoms with Crippen LogP contribution in [-0.4, -0.2) is 13.2 Å². The molecule has 0 spiro atoms. The van der Waals surface area contributed by atoms with E-state index in [0.29, 0.717) is 5.92 Å². The van der Waals surface area contributed by atoms with Gasteiger partial charge in [-0.15, -0.1) is 0 Å². The van der Waals surface area contributed by atoms with Crippen molar-refractivity contribution in [3.05, 3.63) is 34.3 Å². The predicted octanol–water partition coefficient (Wildman–Crippen LogP) is 3.05. The maximum absolute atomic E-state index is 6.51. The number of nitrogens with two attached hydrogens (primary N) is 1. The third-order valence-electron chi connectivity index (χ3n) is 3.52. The monoisotopic (exact) mass is 283 g/mol. The molecule has 1 aliphatic heterocycles. The summed E-state index contributed by atoms with van der Waals surface area (Å²) in [6.45, 7) is 3.81. The Balaban J connectivity index is 2.22. The van der Waals surface area contributed by atoms with Crippen molar-refractivity contribution in [3.63, 3.8) is 0 Å². The molecule has 1 fully saturated rings. The Labute approximate surface area is 105 Å². The van der Waals surface area contributed by atoms with E-state index in [9.17, 15) is 0 Å². The van der Waals surface area contributed by atoms with E-state index in [1.165, 1.54) is 5.56 Å². The van der Waals surface area contributed by atoms with Crippen molar-refractivity contribution in [2.45, 2.75) is 25.3 Å². The van der Waals surface area contributed by atoms with Gasteiger partial charge in [-0.1, -0.05) is 28.1 Å². The van der Waals surface area contributed by atoms with Gasteiger partial charge in [0.2, 0.25) is 0 Å². The first kappa shape index (κ1) is 12.1. The average Bonchev–Trinajstić information content (AvgIpc) is 2.30. The smallest absolute Gasteiger partial charge is 0.0469 e. The molecule has 1 heterocycles. The molecule has 16 heavy (non-hydrogen) atoms. The molecule has 2 N–H and O–H groups in total. The fourth-order valence-electron chi connectivity index (χ4n) is 2.36. The number of ether oxygens (including phenoxy) is 1. The van der Waals surface area contributed by atoms with Gasteiger partial charge in [-0.2, -0.15) is 0 Å². The highest BCUT2D eigenvalue weighted by Crippen LogP contribution is 2.34. The molecule has 88 valence electrons. The number of rotatable bonds is 2. The molecular weight excluding hydrogens is 266 g/mol. The van der Waals surface area contributed by atoms with Crippen molar-refractivity contribution in [2.24, 2.45) is 11.7 Å². The molecule has 1 aliphatic rings. The summed E-state index contributed by atoms with van der Waals surface area (Å²) in [4.78, 5) is 0. The zero-order valence-electron chi connectivity index (χ0n) is 9.58. The van der Waals surface area contributed by atoms with Crippen LogP contribution in [0.3, 0.4) is 0 Å². The van der Waals surface area contributed by atoms with Gasteiger partial charge in [0.15, 0.2) is 0 Å². The summed E-state index contributed by atoms with van der Waals surface area (Å²) in [5.41, 5.74) is 7.45. The maximum atomic E-state index is 6.51. The summed E-state index contributed by atoms with van der Waals surface area (Å²) in [7, 11) is 0. The lowest BCUT2D eigenvalue weighted by Crippen LogP contribution is -2.43. The molecule has 3 heteroatoms. The molecule has 0 radical (unpaired) electrons. The van der Waals surface area contributed by atoms with E-state index in [4.69, 9.17) is 10.5 Å². The molecule has 1 aromatic carbocycles. The normalized spacial score (nSPS) is 21.7. The highest BCUT2D eigenvalue weighted by Gasteiger charge is 2.33. The van der Waals surface area contributed by atoms with Crippen LogP contribution < -0.4 is 5.73 Å². The second kappa shape index (κ2) is 4.86. The molecule has 0 aliphatic carbocycles. The first-order valence-electron chi connectivity index (χ1n) is 5.73. The average molecular weight is 284 g/mol. The van der Waals surface area contributed by atoms with Crippen LogP contribution in [0.1, 0.15) is 25.3 Å². The van der Waals surface area contributed by atoms with Crippen LogP contribution in [0.5, 0.6) is 0 Å². The molecule has 2 rings (SSSR count). The third-order valence-corrected chi connectivity index (χ3v) is 4.01. The van der Waals surface area contributed by atoms with Crippen LogP contribution >= 0.6 is 15.9 Å². The van der Waals surface area contributed by atoms with E-state index in [-0.39, 0.29) is 5.54 Å². The first-order chi connectivity index (χ1) is 7.60. The van der Waals surface area contributed by atoms with Gasteiger partial charge in [0, 0.05) is 23.2 Å². The lowest BCUT2D eigenvalue weighted by atomic mass is 9.76. The van der Waals surface area contributed by atoms with Gasteiger partial charge >= 0.3 is 0 Å². The topological polar surface area (TPSA) is 35.2 Å². The minimum Gasteiger partial charge on any atom is -0.381 e. The van der Waals surface area contributed by atoms with E-state index >= 15 is 0 Å². The molecule has 1 unspecified atom stereocenters. The summed E-state index contributed by atoms with van der Waals surface area (Å²) < 4.78 is 6.48. The Morgan fingerprint density at radius 2 is 2.06 bits per heavy atom. The fourth-order valence-corrected chi connectivity index (χ4v) is 2.76. The summed E-state index contributed by atoms with van der Waals surface area (Å²) in [5.74, 6) is 0.510. The Morgan fingerprint density at radius 1 is 1.38 bits per heavy atom. The number of benzene rings is 1. The Kier molecular flexibility index (Phi) is 3.67. The van der Waals surface area contributed by atoms with Gasteiger partial charge in [-0.3, -0.25) is 0 Å². The second-order valence-corrected chi connectivity index (χ2v) is 5.60. The zero-order valence-corrected chi connectivity index (χ0v) is 11.2. The Morgan fingerprint density at radius 3 is 2.69 bits per heavy atom. The van der Waals surface area contributed by atoms with Crippen molar-refractivity contribution >= 4 is 15.9 Å². The molecular formula is C13H18BrNO. The summed E-state index contributed by atoms with van der Waals surface area (Å²) in [5, 5.41) is 0. The van der Waals surface area contributed by atoms with Crippen LogP contribution in [0, 0.1) is 5.92 Å². The third kappa shape index (κ3) is 2.47. The van der Waals surface area contributed by atoms with E-state index in [0.717, 1.165) is 30.5 Å². The van der Waals surface area contributed by atoms with Gasteiger partial charge < -0.3 is 10.5 Å². The standard InChI is InChI=1S/C13H18BrNO/c1-13(15,10-5-7-16-8-6-10)11-3-2-4-12(14)9-11/h2-4,9-10H,5-8,15H2,1H3. The van der Waals surface area contributed by atoms with Crippen LogP contribution in [0.2, 0.25) is 0 Å². The number of halogens is 1. The Hall–Kier alpha value is -0.380. The van der Waals surface area contributed by atoms with Crippen molar-refractivity contribution in [3.8, 4) is 0 Å². The molecule has 0 saturated carbocycles. The largest absolute Gasteiger partial charge is 0.381 e. The van der Waals surface area contributed by atoms with Crippen LogP contribution in [0.25, 0.3) is 0 Å². The van der Waals surface area contributed by atoms with E-state index < -0.39 is 0 Å². The number of hydrogen-bond donors (Lipinski definition) is 1. The molecule has 2 nitrogen and oxygen atoms in total. The highest BCUT2D eigenvalue weighted by atomic mass is 79.9. The summed E-state index contributed by atoms with van der Waals surface area (Å²) >= 11 is 3.50. The predicted molar refractivity (Wildman–Crippen MR) is 69.2 cm³/mol. The molecule has 1 saturated heterocycles. The van der Waals surface area contributed by atoms with Crippen molar-refractivity contribution in [2.75, 3.05) is 13.2 Å². The van der Waals surface area contributed by atoms with Gasteiger partial charge in [0.05, 0.1) is 0 Å². The fraction of sp³-hybridized carbons (Fsp3) is 0.538.